The van der Waals surface area contributed by atoms with E-state index in [0.29, 0.717) is 18.2 Å². The van der Waals surface area contributed by atoms with Crippen LogP contribution in [0.15, 0.2) is 35.1 Å². The highest BCUT2D eigenvalue weighted by Gasteiger charge is 2.15. The van der Waals surface area contributed by atoms with Gasteiger partial charge in [-0.3, -0.25) is 4.79 Å². The summed E-state index contributed by atoms with van der Waals surface area (Å²) in [6, 6.07) is 7.39. The third-order valence-corrected chi connectivity index (χ3v) is 3.72. The Morgan fingerprint density at radius 1 is 1.38 bits per heavy atom. The second-order valence-corrected chi connectivity index (χ2v) is 5.27. The Morgan fingerprint density at radius 2 is 2.24 bits per heavy atom. The molecule has 1 amide bonds. The largest absolute Gasteiger partial charge is 0.423 e. The summed E-state index contributed by atoms with van der Waals surface area (Å²) < 4.78 is 5.12. The lowest BCUT2D eigenvalue weighted by atomic mass is 10.0. The van der Waals surface area contributed by atoms with Crippen molar-refractivity contribution in [3.05, 3.63) is 30.7 Å². The fraction of sp³-hybridized carbons (Fsp3) is 0.400. The minimum atomic E-state index is 0.0624. The molecule has 0 spiro atoms. The summed E-state index contributed by atoms with van der Waals surface area (Å²) >= 11 is 0. The van der Waals surface area contributed by atoms with E-state index in [4.69, 9.17) is 4.42 Å². The van der Waals surface area contributed by atoms with E-state index in [1.165, 1.54) is 12.8 Å². The Bertz CT molecular complexity index is 574. The van der Waals surface area contributed by atoms with Crippen LogP contribution >= 0.6 is 0 Å². The first-order valence-electron chi connectivity index (χ1n) is 7.18. The first kappa shape index (κ1) is 13.8. The molecule has 0 saturated carbocycles. The molecule has 1 aromatic carbocycles. The number of amides is 1. The van der Waals surface area contributed by atoms with Crippen molar-refractivity contribution in [3.63, 3.8) is 0 Å². The number of rotatable bonds is 5. The normalized spacial score (nSPS) is 17.8. The summed E-state index contributed by atoms with van der Waals surface area (Å²) in [5.74, 6) is 1.17. The molecule has 1 aromatic heterocycles. The lowest BCUT2D eigenvalue weighted by Gasteiger charge is -2.09. The fourth-order valence-corrected chi connectivity index (χ4v) is 2.51. The van der Waals surface area contributed by atoms with E-state index in [1.807, 2.05) is 24.3 Å². The number of hydrogen-bond acceptors (Lipinski definition) is 5. The Kier molecular flexibility index (Phi) is 4.25. The molecule has 2 N–H and O–H groups in total. The number of anilines is 1. The maximum Gasteiger partial charge on any atom is 0.247 e. The molecule has 6 heteroatoms. The van der Waals surface area contributed by atoms with Crippen LogP contribution in [0, 0.1) is 5.92 Å². The average Bonchev–Trinajstić information content (AvgIpc) is 3.19. The van der Waals surface area contributed by atoms with Crippen molar-refractivity contribution in [2.24, 2.45) is 5.92 Å². The van der Waals surface area contributed by atoms with Crippen molar-refractivity contribution in [1.82, 2.24) is 15.5 Å². The number of carbonyl (C=O) groups is 1. The number of hydrogen-bond donors (Lipinski definition) is 2. The fourth-order valence-electron chi connectivity index (χ4n) is 2.51. The molecule has 6 nitrogen and oxygen atoms in total. The molecule has 1 saturated heterocycles. The van der Waals surface area contributed by atoms with Crippen LogP contribution in [0.1, 0.15) is 19.3 Å². The SMILES string of the molecule is O=C(CCC1CCNC1)Nc1ccc(-c2nnco2)cc1. The van der Waals surface area contributed by atoms with Gasteiger partial charge in [-0.05, 0) is 56.1 Å². The zero-order chi connectivity index (χ0) is 14.5. The van der Waals surface area contributed by atoms with Gasteiger partial charge >= 0.3 is 0 Å². The Hall–Kier alpha value is -2.21. The summed E-state index contributed by atoms with van der Waals surface area (Å²) in [6.07, 6.45) is 3.98. The Morgan fingerprint density at radius 3 is 2.90 bits per heavy atom. The smallest absolute Gasteiger partial charge is 0.247 e. The van der Waals surface area contributed by atoms with Crippen LogP contribution in [0.2, 0.25) is 0 Å². The lowest BCUT2D eigenvalue weighted by Crippen LogP contribution is -2.14. The molecule has 2 heterocycles. The topological polar surface area (TPSA) is 80.0 Å². The standard InChI is InChI=1S/C15H18N4O2/c20-14(6-1-11-7-8-16-9-11)18-13-4-2-12(3-5-13)15-19-17-10-21-15/h2-5,10-11,16H,1,6-9H2,(H,18,20). The van der Waals surface area contributed by atoms with Crippen LogP contribution in [-0.4, -0.2) is 29.2 Å². The second-order valence-electron chi connectivity index (χ2n) is 5.27. The van der Waals surface area contributed by atoms with Gasteiger partial charge in [-0.15, -0.1) is 10.2 Å². The van der Waals surface area contributed by atoms with Gasteiger partial charge in [0.1, 0.15) is 0 Å². The van der Waals surface area contributed by atoms with Gasteiger partial charge in [-0.1, -0.05) is 0 Å². The summed E-state index contributed by atoms with van der Waals surface area (Å²) in [5, 5.41) is 13.7. The van der Waals surface area contributed by atoms with Gasteiger partial charge in [0, 0.05) is 17.7 Å². The Labute approximate surface area is 123 Å². The molecule has 1 unspecified atom stereocenters. The van der Waals surface area contributed by atoms with E-state index < -0.39 is 0 Å². The van der Waals surface area contributed by atoms with E-state index in [0.717, 1.165) is 30.8 Å². The van der Waals surface area contributed by atoms with E-state index in [1.54, 1.807) is 0 Å². The zero-order valence-electron chi connectivity index (χ0n) is 11.7. The van der Waals surface area contributed by atoms with Gasteiger partial charge in [-0.2, -0.15) is 0 Å². The molecule has 3 rings (SSSR count). The minimum absolute atomic E-state index is 0.0624. The van der Waals surface area contributed by atoms with Crippen molar-refractivity contribution >= 4 is 11.6 Å². The highest BCUT2D eigenvalue weighted by Crippen LogP contribution is 2.19. The Balaban J connectivity index is 1.51. The van der Waals surface area contributed by atoms with E-state index in [9.17, 15) is 4.79 Å². The van der Waals surface area contributed by atoms with Crippen molar-refractivity contribution in [2.45, 2.75) is 19.3 Å². The molecule has 0 bridgehead atoms. The number of benzene rings is 1. The first-order chi connectivity index (χ1) is 10.3. The zero-order valence-corrected chi connectivity index (χ0v) is 11.7. The molecule has 1 fully saturated rings. The maximum atomic E-state index is 11.9. The van der Waals surface area contributed by atoms with Crippen molar-refractivity contribution < 1.29 is 9.21 Å². The molecule has 21 heavy (non-hydrogen) atoms. The molecule has 1 aliphatic rings. The highest BCUT2D eigenvalue weighted by molar-refractivity contribution is 5.90. The number of nitrogens with one attached hydrogen (secondary N) is 2. The first-order valence-corrected chi connectivity index (χ1v) is 7.18. The predicted octanol–water partition coefficient (Wildman–Crippen LogP) is 2.06. The monoisotopic (exact) mass is 286 g/mol. The summed E-state index contributed by atoms with van der Waals surface area (Å²) in [5.41, 5.74) is 1.62. The number of carbonyl (C=O) groups excluding carboxylic acids is 1. The molecule has 2 aromatic rings. The third kappa shape index (κ3) is 3.66. The van der Waals surface area contributed by atoms with Crippen LogP contribution in [0.3, 0.4) is 0 Å². The molecule has 0 radical (unpaired) electrons. The molecule has 0 aliphatic carbocycles. The van der Waals surface area contributed by atoms with E-state index in [2.05, 4.69) is 20.8 Å². The summed E-state index contributed by atoms with van der Waals surface area (Å²) in [6.45, 7) is 2.11. The highest BCUT2D eigenvalue weighted by atomic mass is 16.4. The van der Waals surface area contributed by atoms with Crippen LogP contribution in [0.25, 0.3) is 11.5 Å². The van der Waals surface area contributed by atoms with Gasteiger partial charge in [-0.25, -0.2) is 0 Å². The van der Waals surface area contributed by atoms with Crippen molar-refractivity contribution in [3.8, 4) is 11.5 Å². The van der Waals surface area contributed by atoms with Crippen LogP contribution < -0.4 is 10.6 Å². The van der Waals surface area contributed by atoms with Gasteiger partial charge in [0.25, 0.3) is 0 Å². The number of aromatic nitrogens is 2. The molecule has 1 aliphatic heterocycles. The molecule has 1 atom stereocenters. The second kappa shape index (κ2) is 6.49. The summed E-state index contributed by atoms with van der Waals surface area (Å²) in [7, 11) is 0. The van der Waals surface area contributed by atoms with Crippen LogP contribution in [-0.2, 0) is 4.79 Å². The van der Waals surface area contributed by atoms with Crippen LogP contribution in [0.5, 0.6) is 0 Å². The third-order valence-electron chi connectivity index (χ3n) is 3.72. The van der Waals surface area contributed by atoms with Crippen molar-refractivity contribution in [1.29, 1.82) is 0 Å². The summed E-state index contributed by atoms with van der Waals surface area (Å²) in [4.78, 5) is 11.9. The van der Waals surface area contributed by atoms with Gasteiger partial charge in [0.15, 0.2) is 0 Å². The maximum absolute atomic E-state index is 11.9. The molecule has 110 valence electrons. The predicted molar refractivity (Wildman–Crippen MR) is 78.6 cm³/mol. The van der Waals surface area contributed by atoms with Gasteiger partial charge < -0.3 is 15.1 Å². The van der Waals surface area contributed by atoms with E-state index >= 15 is 0 Å². The quantitative estimate of drug-likeness (QED) is 0.879. The van der Waals surface area contributed by atoms with Crippen molar-refractivity contribution in [2.75, 3.05) is 18.4 Å². The van der Waals surface area contributed by atoms with Gasteiger partial charge in [0.2, 0.25) is 18.2 Å². The molecular formula is C15H18N4O2. The van der Waals surface area contributed by atoms with Gasteiger partial charge in [0.05, 0.1) is 0 Å². The van der Waals surface area contributed by atoms with E-state index in [-0.39, 0.29) is 5.91 Å². The molecular weight excluding hydrogens is 268 g/mol. The van der Waals surface area contributed by atoms with Crippen LogP contribution in [0.4, 0.5) is 5.69 Å². The number of nitrogens with zero attached hydrogens (tertiary/aromatic N) is 2. The minimum Gasteiger partial charge on any atom is -0.423 e. The lowest BCUT2D eigenvalue weighted by molar-refractivity contribution is -0.116. The average molecular weight is 286 g/mol.